The van der Waals surface area contributed by atoms with Crippen molar-refractivity contribution in [3.05, 3.63) is 72.9 Å². The highest BCUT2D eigenvalue weighted by Crippen LogP contribution is 2.40. The van der Waals surface area contributed by atoms with E-state index >= 15 is 0 Å². The van der Waals surface area contributed by atoms with E-state index in [1.165, 1.54) is 17.7 Å². The van der Waals surface area contributed by atoms with Gasteiger partial charge in [-0.1, -0.05) is 68.7 Å². The molecule has 2 heteroatoms. The molecule has 0 rings (SSSR count). The molecule has 1 nitrogen and oxygen atoms in total. The highest BCUT2D eigenvalue weighted by atomic mass is 32.3. The molecule has 0 bridgehead atoms. The average molecular weight is 347 g/mol. The van der Waals surface area contributed by atoms with E-state index in [-0.39, 0.29) is 5.78 Å². The molecule has 0 aliphatic heterocycles. The summed E-state index contributed by atoms with van der Waals surface area (Å²) in [5.41, 5.74) is 2.00. The van der Waals surface area contributed by atoms with Crippen molar-refractivity contribution in [2.45, 2.75) is 33.1 Å². The molecule has 0 atom stereocenters. The number of allylic oxidation sites excluding steroid dienone is 9. The van der Waals surface area contributed by atoms with Gasteiger partial charge in [-0.3, -0.25) is 4.79 Å². The fourth-order valence-corrected chi connectivity index (χ4v) is 3.88. The summed E-state index contributed by atoms with van der Waals surface area (Å²) in [7, 11) is -0.647. The van der Waals surface area contributed by atoms with Gasteiger partial charge in [0.1, 0.15) is 0 Å². The zero-order chi connectivity index (χ0) is 18.4. The summed E-state index contributed by atoms with van der Waals surface area (Å²) in [6.45, 7) is 11.2. The maximum atomic E-state index is 11.5. The Kier molecular flexibility index (Phi) is 12.0. The maximum absolute atomic E-state index is 11.5. The molecule has 0 aliphatic rings. The minimum absolute atomic E-state index is 0.0862. The number of hydrogen-bond donors (Lipinski definition) is 0. The van der Waals surface area contributed by atoms with Gasteiger partial charge in [-0.05, 0) is 55.8 Å². The fraction of sp³-hybridized carbons (Fsp3) is 0.409. The average Bonchev–Trinajstić information content (AvgIpc) is 2.53. The summed E-state index contributed by atoms with van der Waals surface area (Å²) < 4.78 is 0. The lowest BCUT2D eigenvalue weighted by molar-refractivity contribution is -0.113. The van der Waals surface area contributed by atoms with Gasteiger partial charge >= 0.3 is 0 Å². The van der Waals surface area contributed by atoms with E-state index in [4.69, 9.17) is 0 Å². The Morgan fingerprint density at radius 2 is 1.83 bits per heavy atom. The first-order valence-corrected chi connectivity index (χ1v) is 11.3. The number of rotatable bonds is 12. The van der Waals surface area contributed by atoms with Gasteiger partial charge in [0.05, 0.1) is 0 Å². The monoisotopic (exact) mass is 346 g/mol. The topological polar surface area (TPSA) is 17.1 Å². The summed E-state index contributed by atoms with van der Waals surface area (Å²) in [5.74, 6) is 2.38. The maximum Gasteiger partial charge on any atom is 0.159 e. The number of unbranched alkanes of at least 4 members (excludes halogenated alkanes) is 1. The van der Waals surface area contributed by atoms with Gasteiger partial charge in [-0.2, -0.15) is 0 Å². The lowest BCUT2D eigenvalue weighted by Gasteiger charge is -2.29. The number of carbonyl (C=O) groups excluding carboxylic acids is 1. The second-order valence-corrected chi connectivity index (χ2v) is 10.6. The van der Waals surface area contributed by atoms with Crippen LogP contribution in [0.1, 0.15) is 33.1 Å². The van der Waals surface area contributed by atoms with Crippen molar-refractivity contribution < 1.29 is 4.79 Å². The fourth-order valence-electron chi connectivity index (χ4n) is 2.15. The molecule has 0 aromatic heterocycles. The normalized spacial score (nSPS) is 14.3. The van der Waals surface area contributed by atoms with Crippen LogP contribution in [-0.2, 0) is 4.79 Å². The molecule has 0 aliphatic carbocycles. The van der Waals surface area contributed by atoms with Crippen LogP contribution in [-0.4, -0.2) is 29.8 Å². The van der Waals surface area contributed by atoms with Gasteiger partial charge in [-0.25, -0.2) is 10.0 Å². The van der Waals surface area contributed by atoms with Gasteiger partial charge in [-0.15, -0.1) is 0 Å². The van der Waals surface area contributed by atoms with E-state index in [1.807, 2.05) is 12.2 Å². The Bertz CT molecular complexity index is 530. The zero-order valence-electron chi connectivity index (χ0n) is 15.9. The zero-order valence-corrected chi connectivity index (χ0v) is 16.7. The second kappa shape index (κ2) is 12.8. The molecule has 0 saturated carbocycles. The minimum atomic E-state index is -0.647. The SMILES string of the molecule is C=C/C=C(\C=C/CS(C)(C)CCC/C=C/C=C(\C=C)CC)C(C)=O. The van der Waals surface area contributed by atoms with Crippen molar-refractivity contribution in [3.8, 4) is 0 Å². The van der Waals surface area contributed by atoms with Crippen LogP contribution in [0, 0.1) is 0 Å². The van der Waals surface area contributed by atoms with Crippen LogP contribution in [0.2, 0.25) is 0 Å². The molecule has 0 spiro atoms. The van der Waals surface area contributed by atoms with Gasteiger partial charge in [0, 0.05) is 5.57 Å². The molecule has 134 valence electrons. The Balaban J connectivity index is 4.31. The van der Waals surface area contributed by atoms with Crippen LogP contribution in [0.5, 0.6) is 0 Å². The molecule has 0 radical (unpaired) electrons. The van der Waals surface area contributed by atoms with Gasteiger partial charge in [0.25, 0.3) is 0 Å². The predicted molar refractivity (Wildman–Crippen MR) is 114 cm³/mol. The van der Waals surface area contributed by atoms with Gasteiger partial charge < -0.3 is 0 Å². The number of Topliss-reactive ketones (excluding diaryl/α,β-unsaturated/α-hetero) is 1. The van der Waals surface area contributed by atoms with Crippen molar-refractivity contribution in [3.63, 3.8) is 0 Å². The molecule has 0 saturated heterocycles. The molecular weight excluding hydrogens is 312 g/mol. The molecule has 0 aromatic rings. The van der Waals surface area contributed by atoms with E-state index < -0.39 is 10.0 Å². The molecule has 0 N–H and O–H groups in total. The molecule has 24 heavy (non-hydrogen) atoms. The number of carbonyl (C=O) groups is 1. The first-order chi connectivity index (χ1) is 11.4. The van der Waals surface area contributed by atoms with Gasteiger partial charge in [0.15, 0.2) is 5.78 Å². The van der Waals surface area contributed by atoms with Gasteiger partial charge in [0.2, 0.25) is 0 Å². The van der Waals surface area contributed by atoms with Crippen molar-refractivity contribution in [2.75, 3.05) is 24.0 Å². The summed E-state index contributed by atoms with van der Waals surface area (Å²) in [6.07, 6.45) is 24.0. The third-order valence-electron chi connectivity index (χ3n) is 3.73. The van der Waals surface area contributed by atoms with E-state index in [0.29, 0.717) is 0 Å². The quantitative estimate of drug-likeness (QED) is 0.235. The highest BCUT2D eigenvalue weighted by Gasteiger charge is 2.09. The van der Waals surface area contributed by atoms with E-state index in [9.17, 15) is 4.79 Å². The predicted octanol–water partition coefficient (Wildman–Crippen LogP) is 6.17. The Hall–Kier alpha value is -1.54. The first-order valence-electron chi connectivity index (χ1n) is 8.53. The highest BCUT2D eigenvalue weighted by molar-refractivity contribution is 8.32. The Labute approximate surface area is 150 Å². The smallest absolute Gasteiger partial charge is 0.159 e. The Morgan fingerprint density at radius 1 is 1.12 bits per heavy atom. The summed E-state index contributed by atoms with van der Waals surface area (Å²) >= 11 is 0. The van der Waals surface area contributed by atoms with Crippen LogP contribution in [0.4, 0.5) is 0 Å². The standard InChI is InChI=1S/C22H34OS/c1-7-15-22(20(4)23)17-14-19-24(5,6)18-13-11-10-12-16-21(8-2)9-3/h7-8,10,12,14-17H,1-2,9,11,13,18-19H2,3-6H3/b12-10+,17-14-,21-16+,22-15+. The molecule has 0 aromatic carbocycles. The minimum Gasteiger partial charge on any atom is -0.295 e. The lowest BCUT2D eigenvalue weighted by atomic mass is 10.1. The summed E-state index contributed by atoms with van der Waals surface area (Å²) in [4.78, 5) is 11.5. The van der Waals surface area contributed by atoms with Crippen LogP contribution < -0.4 is 0 Å². The van der Waals surface area contributed by atoms with Crippen molar-refractivity contribution in [1.82, 2.24) is 0 Å². The lowest BCUT2D eigenvalue weighted by Crippen LogP contribution is -2.04. The molecular formula is C22H34OS. The number of ketones is 1. The third kappa shape index (κ3) is 11.1. The first kappa shape index (κ1) is 22.5. The van der Waals surface area contributed by atoms with E-state index in [1.54, 1.807) is 19.1 Å². The van der Waals surface area contributed by atoms with Crippen LogP contribution in [0.25, 0.3) is 0 Å². The molecule has 0 unspecified atom stereocenters. The van der Waals surface area contributed by atoms with Crippen molar-refractivity contribution in [2.24, 2.45) is 0 Å². The van der Waals surface area contributed by atoms with Crippen molar-refractivity contribution >= 4 is 15.8 Å². The van der Waals surface area contributed by atoms with Crippen LogP contribution >= 0.6 is 10.0 Å². The van der Waals surface area contributed by atoms with E-state index in [2.05, 4.69) is 56.9 Å². The molecule has 0 fully saturated rings. The van der Waals surface area contributed by atoms with Crippen LogP contribution in [0.3, 0.4) is 0 Å². The largest absolute Gasteiger partial charge is 0.295 e. The van der Waals surface area contributed by atoms with Crippen LogP contribution in [0.15, 0.2) is 72.9 Å². The number of hydrogen-bond acceptors (Lipinski definition) is 1. The second-order valence-electron chi connectivity index (χ2n) is 6.32. The Morgan fingerprint density at radius 3 is 2.38 bits per heavy atom. The third-order valence-corrected chi connectivity index (χ3v) is 6.22. The summed E-state index contributed by atoms with van der Waals surface area (Å²) in [5, 5.41) is 0. The van der Waals surface area contributed by atoms with Crippen molar-refractivity contribution in [1.29, 1.82) is 0 Å². The molecule has 0 heterocycles. The summed E-state index contributed by atoms with van der Waals surface area (Å²) in [6, 6.07) is 0. The van der Waals surface area contributed by atoms with E-state index in [0.717, 1.165) is 24.2 Å². The molecule has 0 amide bonds.